The minimum atomic E-state index is -0.291. The van der Waals surface area contributed by atoms with Gasteiger partial charge in [-0.05, 0) is 32.4 Å². The van der Waals surface area contributed by atoms with Gasteiger partial charge in [0, 0.05) is 19.3 Å². The summed E-state index contributed by atoms with van der Waals surface area (Å²) in [4.78, 5) is 2.08. The van der Waals surface area contributed by atoms with Gasteiger partial charge in [0.25, 0.3) is 0 Å². The number of aryl methyl sites for hydroxylation is 2. The van der Waals surface area contributed by atoms with E-state index in [2.05, 4.69) is 36.9 Å². The fourth-order valence-electron chi connectivity index (χ4n) is 1.73. The summed E-state index contributed by atoms with van der Waals surface area (Å²) in [5.74, 6) is 0. The summed E-state index contributed by atoms with van der Waals surface area (Å²) in [6, 6.07) is 6.36. The van der Waals surface area contributed by atoms with Crippen LogP contribution >= 0.6 is 0 Å². The minimum Gasteiger partial charge on any atom is -0.392 e. The number of rotatable bonds is 3. The zero-order valence-corrected chi connectivity index (χ0v) is 9.41. The van der Waals surface area contributed by atoms with Gasteiger partial charge in [-0.1, -0.05) is 17.7 Å². The fraction of sp³-hybridized carbons (Fsp3) is 0.500. The first-order valence-corrected chi connectivity index (χ1v) is 4.97. The van der Waals surface area contributed by atoms with Gasteiger partial charge in [-0.25, -0.2) is 0 Å². The molecule has 2 heteroatoms. The summed E-state index contributed by atoms with van der Waals surface area (Å²) >= 11 is 0. The largest absolute Gasteiger partial charge is 0.392 e. The van der Waals surface area contributed by atoms with Crippen molar-refractivity contribution in [2.75, 3.05) is 18.5 Å². The highest BCUT2D eigenvalue weighted by molar-refractivity contribution is 5.53. The Morgan fingerprint density at radius 2 is 2.00 bits per heavy atom. The number of hydrogen-bond donors (Lipinski definition) is 1. The van der Waals surface area contributed by atoms with E-state index in [0.29, 0.717) is 6.54 Å². The number of anilines is 1. The standard InChI is InChI=1S/C12H19NO/c1-9-5-6-12(10(2)7-9)13(4)8-11(3)14/h5-7,11,14H,8H2,1-4H3. The smallest absolute Gasteiger partial charge is 0.0686 e. The maximum Gasteiger partial charge on any atom is 0.0686 e. The summed E-state index contributed by atoms with van der Waals surface area (Å²) in [6.07, 6.45) is -0.291. The zero-order valence-electron chi connectivity index (χ0n) is 9.41. The molecule has 1 rings (SSSR count). The number of benzene rings is 1. The van der Waals surface area contributed by atoms with E-state index in [4.69, 9.17) is 0 Å². The first-order valence-electron chi connectivity index (χ1n) is 4.97. The van der Waals surface area contributed by atoms with Gasteiger partial charge in [-0.15, -0.1) is 0 Å². The summed E-state index contributed by atoms with van der Waals surface area (Å²) in [5, 5.41) is 9.29. The molecule has 0 aliphatic carbocycles. The molecule has 0 fully saturated rings. The van der Waals surface area contributed by atoms with Crippen LogP contribution in [0, 0.1) is 13.8 Å². The Kier molecular flexibility index (Phi) is 3.53. The third-order valence-corrected chi connectivity index (χ3v) is 2.30. The molecule has 0 spiro atoms. The normalized spacial score (nSPS) is 12.6. The predicted molar refractivity (Wildman–Crippen MR) is 60.9 cm³/mol. The first-order chi connectivity index (χ1) is 6.50. The lowest BCUT2D eigenvalue weighted by Gasteiger charge is -2.23. The molecule has 0 bridgehead atoms. The van der Waals surface area contributed by atoms with Crippen LogP contribution in [0.15, 0.2) is 18.2 Å². The van der Waals surface area contributed by atoms with Gasteiger partial charge in [-0.3, -0.25) is 0 Å². The molecule has 1 aromatic carbocycles. The van der Waals surface area contributed by atoms with Crippen molar-refractivity contribution in [1.82, 2.24) is 0 Å². The van der Waals surface area contributed by atoms with Crippen LogP contribution in [-0.2, 0) is 0 Å². The average Bonchev–Trinajstić information content (AvgIpc) is 2.01. The Morgan fingerprint density at radius 3 is 2.50 bits per heavy atom. The van der Waals surface area contributed by atoms with Crippen LogP contribution in [0.4, 0.5) is 5.69 Å². The Labute approximate surface area is 86.2 Å². The SMILES string of the molecule is Cc1ccc(N(C)CC(C)O)c(C)c1. The molecule has 0 aliphatic heterocycles. The van der Waals surface area contributed by atoms with Crippen molar-refractivity contribution in [2.45, 2.75) is 26.9 Å². The molecule has 1 atom stereocenters. The maximum absolute atomic E-state index is 9.29. The first kappa shape index (κ1) is 11.1. The maximum atomic E-state index is 9.29. The van der Waals surface area contributed by atoms with Gasteiger partial charge in [0.15, 0.2) is 0 Å². The van der Waals surface area contributed by atoms with Crippen LogP contribution in [0.1, 0.15) is 18.1 Å². The molecule has 0 saturated heterocycles. The molecular formula is C12H19NO. The highest BCUT2D eigenvalue weighted by Crippen LogP contribution is 2.19. The second-order valence-corrected chi connectivity index (χ2v) is 4.02. The van der Waals surface area contributed by atoms with Gasteiger partial charge in [0.2, 0.25) is 0 Å². The van der Waals surface area contributed by atoms with Crippen LogP contribution in [0.5, 0.6) is 0 Å². The highest BCUT2D eigenvalue weighted by atomic mass is 16.3. The number of likely N-dealkylation sites (N-methyl/N-ethyl adjacent to an activating group) is 1. The van der Waals surface area contributed by atoms with Crippen LogP contribution in [0.3, 0.4) is 0 Å². The van der Waals surface area contributed by atoms with E-state index in [-0.39, 0.29) is 6.10 Å². The van der Waals surface area contributed by atoms with Crippen molar-refractivity contribution in [2.24, 2.45) is 0 Å². The fourth-order valence-corrected chi connectivity index (χ4v) is 1.73. The molecule has 0 aliphatic rings. The van der Waals surface area contributed by atoms with Crippen molar-refractivity contribution in [3.8, 4) is 0 Å². The summed E-state index contributed by atoms with van der Waals surface area (Å²) < 4.78 is 0. The zero-order chi connectivity index (χ0) is 10.7. The van der Waals surface area contributed by atoms with E-state index in [9.17, 15) is 5.11 Å². The number of hydrogen-bond acceptors (Lipinski definition) is 2. The molecule has 2 nitrogen and oxygen atoms in total. The van der Waals surface area contributed by atoms with Crippen molar-refractivity contribution in [3.63, 3.8) is 0 Å². The van der Waals surface area contributed by atoms with E-state index in [1.54, 1.807) is 6.92 Å². The molecule has 1 N–H and O–H groups in total. The molecule has 0 saturated carbocycles. The van der Waals surface area contributed by atoms with Gasteiger partial charge in [0.05, 0.1) is 6.10 Å². The second kappa shape index (κ2) is 4.47. The highest BCUT2D eigenvalue weighted by Gasteiger charge is 2.06. The lowest BCUT2D eigenvalue weighted by atomic mass is 10.1. The van der Waals surface area contributed by atoms with Crippen molar-refractivity contribution >= 4 is 5.69 Å². The van der Waals surface area contributed by atoms with Gasteiger partial charge >= 0.3 is 0 Å². The third kappa shape index (κ3) is 2.74. The number of nitrogens with zero attached hydrogens (tertiary/aromatic N) is 1. The molecule has 78 valence electrons. The molecule has 1 aromatic rings. The predicted octanol–water partition coefficient (Wildman–Crippen LogP) is 2.12. The van der Waals surface area contributed by atoms with Crippen LogP contribution in [0.2, 0.25) is 0 Å². The van der Waals surface area contributed by atoms with Gasteiger partial charge in [-0.2, -0.15) is 0 Å². The van der Waals surface area contributed by atoms with Gasteiger partial charge < -0.3 is 10.0 Å². The molecule has 0 radical (unpaired) electrons. The van der Waals surface area contributed by atoms with Crippen molar-refractivity contribution in [3.05, 3.63) is 29.3 Å². The molecule has 14 heavy (non-hydrogen) atoms. The molecule has 0 amide bonds. The summed E-state index contributed by atoms with van der Waals surface area (Å²) in [7, 11) is 2.00. The number of aliphatic hydroxyl groups excluding tert-OH is 1. The molecule has 0 aromatic heterocycles. The Bertz CT molecular complexity index is 307. The van der Waals surface area contributed by atoms with Crippen LogP contribution < -0.4 is 4.90 Å². The average molecular weight is 193 g/mol. The van der Waals surface area contributed by atoms with Crippen molar-refractivity contribution in [1.29, 1.82) is 0 Å². The topological polar surface area (TPSA) is 23.5 Å². The molecular weight excluding hydrogens is 174 g/mol. The quantitative estimate of drug-likeness (QED) is 0.795. The summed E-state index contributed by atoms with van der Waals surface area (Å²) in [6.45, 7) is 6.66. The van der Waals surface area contributed by atoms with E-state index in [1.807, 2.05) is 7.05 Å². The Hall–Kier alpha value is -1.02. The lowest BCUT2D eigenvalue weighted by Crippen LogP contribution is -2.27. The van der Waals surface area contributed by atoms with Gasteiger partial charge in [0.1, 0.15) is 0 Å². The Balaban J connectivity index is 2.84. The molecule has 0 heterocycles. The summed E-state index contributed by atoms with van der Waals surface area (Å²) in [5.41, 5.74) is 3.72. The monoisotopic (exact) mass is 193 g/mol. The van der Waals surface area contributed by atoms with E-state index >= 15 is 0 Å². The van der Waals surface area contributed by atoms with E-state index < -0.39 is 0 Å². The van der Waals surface area contributed by atoms with Crippen LogP contribution in [0.25, 0.3) is 0 Å². The second-order valence-electron chi connectivity index (χ2n) is 4.02. The van der Waals surface area contributed by atoms with E-state index in [1.165, 1.54) is 16.8 Å². The van der Waals surface area contributed by atoms with Crippen LogP contribution in [-0.4, -0.2) is 24.8 Å². The lowest BCUT2D eigenvalue weighted by molar-refractivity contribution is 0.201. The van der Waals surface area contributed by atoms with E-state index in [0.717, 1.165) is 0 Å². The van der Waals surface area contributed by atoms with Crippen molar-refractivity contribution < 1.29 is 5.11 Å². The minimum absolute atomic E-state index is 0.291. The third-order valence-electron chi connectivity index (χ3n) is 2.30. The number of aliphatic hydroxyl groups is 1. The molecule has 1 unspecified atom stereocenters. The Morgan fingerprint density at radius 1 is 1.36 bits per heavy atom.